The van der Waals surface area contributed by atoms with E-state index in [1.807, 2.05) is 48.2 Å². The molecule has 0 radical (unpaired) electrons. The number of hydrogen-bond donors (Lipinski definition) is 1. The van der Waals surface area contributed by atoms with Gasteiger partial charge in [-0.25, -0.2) is 9.97 Å². The van der Waals surface area contributed by atoms with Crippen LogP contribution in [-0.2, 0) is 11.3 Å². The Labute approximate surface area is 159 Å². The third-order valence-electron chi connectivity index (χ3n) is 4.08. The fraction of sp³-hybridized carbons (Fsp3) is 0.263. The highest BCUT2D eigenvalue weighted by molar-refractivity contribution is 7.17. The summed E-state index contributed by atoms with van der Waals surface area (Å²) in [6.45, 7) is 5.19. The molecule has 0 saturated carbocycles. The van der Waals surface area contributed by atoms with Gasteiger partial charge in [0.15, 0.2) is 11.6 Å². The van der Waals surface area contributed by atoms with Crippen LogP contribution in [0.4, 0.5) is 0 Å². The van der Waals surface area contributed by atoms with Gasteiger partial charge in [-0.1, -0.05) is 6.07 Å². The van der Waals surface area contributed by atoms with E-state index in [2.05, 4.69) is 15.0 Å². The Balaban J connectivity index is 1.76. The number of aromatic amines is 1. The zero-order valence-corrected chi connectivity index (χ0v) is 15.9. The average Bonchev–Trinajstić information content (AvgIpc) is 3.29. The predicted octanol–water partition coefficient (Wildman–Crippen LogP) is 3.34. The summed E-state index contributed by atoms with van der Waals surface area (Å²) in [6, 6.07) is 5.69. The highest BCUT2D eigenvalue weighted by Gasteiger charge is 2.16. The summed E-state index contributed by atoms with van der Waals surface area (Å²) < 4.78 is 8.13. The van der Waals surface area contributed by atoms with E-state index in [4.69, 9.17) is 9.72 Å². The molecule has 0 aliphatic carbocycles. The minimum absolute atomic E-state index is 0.165. The maximum atomic E-state index is 12.6. The lowest BCUT2D eigenvalue weighted by Gasteiger charge is -2.10. The van der Waals surface area contributed by atoms with E-state index in [0.717, 1.165) is 11.3 Å². The maximum absolute atomic E-state index is 12.6. The third-order valence-corrected chi connectivity index (χ3v) is 5.05. The molecule has 0 aromatic carbocycles. The Hall–Kier alpha value is -2.84. The van der Waals surface area contributed by atoms with Crippen molar-refractivity contribution in [1.82, 2.24) is 24.5 Å². The first-order valence-corrected chi connectivity index (χ1v) is 9.57. The van der Waals surface area contributed by atoms with Crippen LogP contribution in [-0.4, -0.2) is 37.2 Å². The van der Waals surface area contributed by atoms with Gasteiger partial charge >= 0.3 is 0 Å². The van der Waals surface area contributed by atoms with Crippen molar-refractivity contribution in [2.45, 2.75) is 26.5 Å². The molecule has 0 unspecified atom stereocenters. The molecule has 0 amide bonds. The van der Waals surface area contributed by atoms with Crippen molar-refractivity contribution in [3.63, 3.8) is 0 Å². The summed E-state index contributed by atoms with van der Waals surface area (Å²) in [6.07, 6.45) is 5.45. The second-order valence-corrected chi connectivity index (χ2v) is 7.20. The van der Waals surface area contributed by atoms with Gasteiger partial charge in [-0.3, -0.25) is 9.78 Å². The van der Waals surface area contributed by atoms with Gasteiger partial charge in [0.1, 0.15) is 4.70 Å². The molecule has 1 N–H and O–H groups in total. The molecule has 0 saturated heterocycles. The van der Waals surface area contributed by atoms with Crippen molar-refractivity contribution in [3.05, 3.63) is 52.5 Å². The van der Waals surface area contributed by atoms with E-state index >= 15 is 0 Å². The number of nitrogens with zero attached hydrogens (tertiary/aromatic N) is 4. The highest BCUT2D eigenvalue weighted by Crippen LogP contribution is 2.30. The van der Waals surface area contributed by atoms with Crippen LogP contribution in [0.5, 0.6) is 0 Å². The molecular weight excluding hydrogens is 362 g/mol. The van der Waals surface area contributed by atoms with Crippen molar-refractivity contribution in [2.24, 2.45) is 0 Å². The summed E-state index contributed by atoms with van der Waals surface area (Å²) in [5.74, 6) is 1.05. The quantitative estimate of drug-likeness (QED) is 0.554. The van der Waals surface area contributed by atoms with Gasteiger partial charge in [-0.2, -0.15) is 0 Å². The number of nitrogens with one attached hydrogen (secondary N) is 1. The first-order chi connectivity index (χ1) is 13.1. The minimum atomic E-state index is -0.171. The van der Waals surface area contributed by atoms with Crippen LogP contribution in [0.25, 0.3) is 33.1 Å². The molecule has 8 heteroatoms. The SMILES string of the molecule is CC(C)OCCn1ccnc1-c1nc2c(-c3ccccn3)csc2c(=O)[nH]1. The van der Waals surface area contributed by atoms with Crippen LogP contribution in [0.2, 0.25) is 0 Å². The van der Waals surface area contributed by atoms with Gasteiger partial charge in [0.25, 0.3) is 5.56 Å². The molecular formula is C19H19N5O2S. The average molecular weight is 381 g/mol. The van der Waals surface area contributed by atoms with Crippen molar-refractivity contribution in [1.29, 1.82) is 0 Å². The summed E-state index contributed by atoms with van der Waals surface area (Å²) >= 11 is 1.37. The zero-order valence-electron chi connectivity index (χ0n) is 15.0. The number of hydrogen-bond acceptors (Lipinski definition) is 6. The van der Waals surface area contributed by atoms with Gasteiger partial charge in [0.2, 0.25) is 0 Å². The van der Waals surface area contributed by atoms with E-state index in [9.17, 15) is 4.79 Å². The molecule has 4 heterocycles. The molecule has 27 heavy (non-hydrogen) atoms. The smallest absolute Gasteiger partial charge is 0.269 e. The highest BCUT2D eigenvalue weighted by atomic mass is 32.1. The monoisotopic (exact) mass is 381 g/mol. The van der Waals surface area contributed by atoms with E-state index in [-0.39, 0.29) is 11.7 Å². The van der Waals surface area contributed by atoms with Crippen molar-refractivity contribution >= 4 is 21.6 Å². The summed E-state index contributed by atoms with van der Waals surface area (Å²) in [5.41, 5.74) is 2.12. The fourth-order valence-electron chi connectivity index (χ4n) is 2.83. The molecule has 138 valence electrons. The van der Waals surface area contributed by atoms with E-state index in [1.165, 1.54) is 11.3 Å². The first-order valence-electron chi connectivity index (χ1n) is 8.69. The van der Waals surface area contributed by atoms with Gasteiger partial charge in [-0.05, 0) is 26.0 Å². The molecule has 4 aromatic rings. The van der Waals surface area contributed by atoms with Crippen LogP contribution in [0.1, 0.15) is 13.8 Å². The van der Waals surface area contributed by atoms with Crippen LogP contribution < -0.4 is 5.56 Å². The van der Waals surface area contributed by atoms with Gasteiger partial charge < -0.3 is 14.3 Å². The molecule has 0 aliphatic heterocycles. The van der Waals surface area contributed by atoms with Crippen molar-refractivity contribution in [2.75, 3.05) is 6.61 Å². The number of pyridine rings is 1. The van der Waals surface area contributed by atoms with Gasteiger partial charge in [0.05, 0.1) is 23.9 Å². The van der Waals surface area contributed by atoms with E-state index < -0.39 is 0 Å². The number of imidazole rings is 1. The Bertz CT molecular complexity index is 1110. The predicted molar refractivity (Wildman–Crippen MR) is 106 cm³/mol. The van der Waals surface area contributed by atoms with Crippen LogP contribution >= 0.6 is 11.3 Å². The molecule has 0 atom stereocenters. The Morgan fingerprint density at radius 1 is 1.26 bits per heavy atom. The lowest BCUT2D eigenvalue weighted by atomic mass is 10.2. The van der Waals surface area contributed by atoms with Crippen LogP contribution in [0.15, 0.2) is 47.0 Å². The largest absolute Gasteiger partial charge is 0.377 e. The topological polar surface area (TPSA) is 85.7 Å². The molecule has 0 bridgehead atoms. The zero-order chi connectivity index (χ0) is 18.8. The number of H-pyrrole nitrogens is 1. The molecule has 0 aliphatic rings. The lowest BCUT2D eigenvalue weighted by Crippen LogP contribution is -2.14. The fourth-order valence-corrected chi connectivity index (χ4v) is 3.72. The number of ether oxygens (including phenoxy) is 1. The molecule has 4 rings (SSSR count). The van der Waals surface area contributed by atoms with E-state index in [0.29, 0.717) is 35.0 Å². The Kier molecular flexibility index (Phi) is 4.83. The second kappa shape index (κ2) is 7.42. The summed E-state index contributed by atoms with van der Waals surface area (Å²) in [7, 11) is 0. The summed E-state index contributed by atoms with van der Waals surface area (Å²) in [4.78, 5) is 28.9. The van der Waals surface area contributed by atoms with Gasteiger partial charge in [0, 0.05) is 36.1 Å². The van der Waals surface area contributed by atoms with Crippen molar-refractivity contribution < 1.29 is 4.74 Å². The Morgan fingerprint density at radius 3 is 2.93 bits per heavy atom. The molecule has 0 spiro atoms. The number of thiophene rings is 1. The Morgan fingerprint density at radius 2 is 2.15 bits per heavy atom. The maximum Gasteiger partial charge on any atom is 0.269 e. The molecule has 4 aromatic heterocycles. The first kappa shape index (κ1) is 17.6. The lowest BCUT2D eigenvalue weighted by molar-refractivity contribution is 0.0729. The van der Waals surface area contributed by atoms with Crippen LogP contribution in [0.3, 0.4) is 0 Å². The number of aromatic nitrogens is 5. The number of rotatable bonds is 6. The standard InChI is InChI=1S/C19H19N5O2S/c1-12(2)26-10-9-24-8-7-21-18(24)17-22-15-13(14-5-3-4-6-20-14)11-27-16(15)19(25)23-17/h3-8,11-12H,9-10H2,1-2H3,(H,22,23,25). The van der Waals surface area contributed by atoms with Gasteiger partial charge in [-0.15, -0.1) is 11.3 Å². The van der Waals surface area contributed by atoms with Crippen molar-refractivity contribution in [3.8, 4) is 22.9 Å². The molecule has 7 nitrogen and oxygen atoms in total. The van der Waals surface area contributed by atoms with Crippen LogP contribution in [0, 0.1) is 0 Å². The third kappa shape index (κ3) is 3.54. The second-order valence-electron chi connectivity index (χ2n) is 6.32. The normalized spacial score (nSPS) is 11.5. The number of fused-ring (bicyclic) bond motifs is 1. The molecule has 0 fully saturated rings. The van der Waals surface area contributed by atoms with E-state index in [1.54, 1.807) is 12.4 Å². The minimum Gasteiger partial charge on any atom is -0.377 e. The summed E-state index contributed by atoms with van der Waals surface area (Å²) in [5, 5.41) is 1.92.